The van der Waals surface area contributed by atoms with Gasteiger partial charge in [0, 0.05) is 17.5 Å². The number of hydrogen-bond acceptors (Lipinski definition) is 3. The number of carbonyl (C=O) groups is 1. The fraction of sp³-hybridized carbons (Fsp3) is 0.381. The molecule has 5 heteroatoms. The zero-order valence-electron chi connectivity index (χ0n) is 14.7. The van der Waals surface area contributed by atoms with Crippen molar-refractivity contribution >= 4 is 17.5 Å². The minimum absolute atomic E-state index is 0.0200. The van der Waals surface area contributed by atoms with Crippen molar-refractivity contribution in [2.45, 2.75) is 25.4 Å². The Hall–Kier alpha value is -2.20. The zero-order valence-corrected chi connectivity index (χ0v) is 15.5. The molecule has 1 fully saturated rings. The lowest BCUT2D eigenvalue weighted by molar-refractivity contribution is -0.134. The molecule has 0 bridgehead atoms. The Labute approximate surface area is 158 Å². The van der Waals surface area contributed by atoms with E-state index >= 15 is 0 Å². The summed E-state index contributed by atoms with van der Waals surface area (Å²) in [6.45, 7) is 3.66. The monoisotopic (exact) mass is 371 g/mol. The van der Waals surface area contributed by atoms with E-state index in [1.165, 1.54) is 0 Å². The predicted molar refractivity (Wildman–Crippen MR) is 101 cm³/mol. The van der Waals surface area contributed by atoms with Gasteiger partial charge in [-0.05, 0) is 43.0 Å². The molecule has 0 aromatic heterocycles. The summed E-state index contributed by atoms with van der Waals surface area (Å²) in [5.41, 5.74) is 1.08. The highest BCUT2D eigenvalue weighted by Crippen LogP contribution is 2.50. The maximum atomic E-state index is 12.9. The number of rotatable bonds is 5. The SMILES string of the molecule is CCN(CC1COc2ccccc2O1)C(=O)C1CC1c1ccccc1Cl. The maximum Gasteiger partial charge on any atom is 0.226 e. The molecule has 1 aliphatic heterocycles. The summed E-state index contributed by atoms with van der Waals surface area (Å²) in [5.74, 6) is 1.94. The third-order valence-corrected chi connectivity index (χ3v) is 5.44. The molecule has 136 valence electrons. The molecule has 0 spiro atoms. The summed E-state index contributed by atoms with van der Waals surface area (Å²) < 4.78 is 11.8. The normalized spacial score (nSPS) is 23.4. The lowest BCUT2D eigenvalue weighted by atomic mass is 10.1. The Kier molecular flexibility index (Phi) is 4.77. The number of fused-ring (bicyclic) bond motifs is 1. The maximum absolute atomic E-state index is 12.9. The number of halogens is 1. The number of nitrogens with zero attached hydrogens (tertiary/aromatic N) is 1. The van der Waals surface area contributed by atoms with Crippen LogP contribution in [0.1, 0.15) is 24.8 Å². The topological polar surface area (TPSA) is 38.8 Å². The summed E-state index contributed by atoms with van der Waals surface area (Å²) in [5, 5.41) is 0.747. The molecule has 4 nitrogen and oxygen atoms in total. The highest BCUT2D eigenvalue weighted by atomic mass is 35.5. The summed E-state index contributed by atoms with van der Waals surface area (Å²) in [6.07, 6.45) is 0.718. The average Bonchev–Trinajstić information content (AvgIpc) is 3.46. The zero-order chi connectivity index (χ0) is 18.1. The van der Waals surface area contributed by atoms with Crippen LogP contribution in [0.2, 0.25) is 5.02 Å². The van der Waals surface area contributed by atoms with E-state index in [0.29, 0.717) is 19.7 Å². The molecule has 2 aromatic carbocycles. The van der Waals surface area contributed by atoms with E-state index in [0.717, 1.165) is 28.5 Å². The van der Waals surface area contributed by atoms with Crippen molar-refractivity contribution in [2.24, 2.45) is 5.92 Å². The van der Waals surface area contributed by atoms with Crippen LogP contribution in [-0.4, -0.2) is 36.6 Å². The van der Waals surface area contributed by atoms with E-state index in [1.807, 2.05) is 60.4 Å². The van der Waals surface area contributed by atoms with Gasteiger partial charge in [-0.15, -0.1) is 0 Å². The summed E-state index contributed by atoms with van der Waals surface area (Å²) in [4.78, 5) is 14.8. The van der Waals surface area contributed by atoms with Gasteiger partial charge < -0.3 is 14.4 Å². The number of hydrogen-bond donors (Lipinski definition) is 0. The molecule has 26 heavy (non-hydrogen) atoms. The third-order valence-electron chi connectivity index (χ3n) is 5.10. The molecule has 0 radical (unpaired) electrons. The van der Waals surface area contributed by atoms with Crippen LogP contribution >= 0.6 is 11.6 Å². The minimum atomic E-state index is -0.147. The van der Waals surface area contributed by atoms with Crippen molar-refractivity contribution < 1.29 is 14.3 Å². The third kappa shape index (κ3) is 3.38. The molecule has 0 N–H and O–H groups in total. The molecule has 1 amide bonds. The molecular weight excluding hydrogens is 350 g/mol. The van der Waals surface area contributed by atoms with Crippen LogP contribution in [0.5, 0.6) is 11.5 Å². The van der Waals surface area contributed by atoms with Gasteiger partial charge in [0.15, 0.2) is 17.6 Å². The molecule has 2 aromatic rings. The molecule has 1 heterocycles. The van der Waals surface area contributed by atoms with E-state index in [2.05, 4.69) is 0 Å². The molecule has 0 saturated heterocycles. The van der Waals surface area contributed by atoms with Crippen molar-refractivity contribution in [2.75, 3.05) is 19.7 Å². The first-order chi connectivity index (χ1) is 12.7. The first kappa shape index (κ1) is 17.2. The van der Waals surface area contributed by atoms with Crippen molar-refractivity contribution in [1.82, 2.24) is 4.90 Å². The fourth-order valence-electron chi connectivity index (χ4n) is 3.60. The van der Waals surface area contributed by atoms with Gasteiger partial charge in [-0.1, -0.05) is 41.9 Å². The molecule has 1 saturated carbocycles. The summed E-state index contributed by atoms with van der Waals surface area (Å²) in [6, 6.07) is 15.4. The Balaban J connectivity index is 1.39. The van der Waals surface area contributed by atoms with Gasteiger partial charge in [-0.3, -0.25) is 4.79 Å². The Morgan fingerprint density at radius 1 is 1.15 bits per heavy atom. The van der Waals surface area contributed by atoms with Gasteiger partial charge >= 0.3 is 0 Å². The van der Waals surface area contributed by atoms with Crippen LogP contribution in [0.25, 0.3) is 0 Å². The van der Waals surface area contributed by atoms with E-state index in [1.54, 1.807) is 0 Å². The lowest BCUT2D eigenvalue weighted by Gasteiger charge is -2.31. The standard InChI is InChI=1S/C21H22ClNO3/c1-2-23(12-14-13-25-19-9-5-6-10-20(19)26-14)21(24)17-11-16(17)15-7-3-4-8-18(15)22/h3-10,14,16-17H,2,11-13H2,1H3. The molecule has 1 aliphatic carbocycles. The molecular formula is C21H22ClNO3. The molecule has 3 atom stereocenters. The minimum Gasteiger partial charge on any atom is -0.486 e. The van der Waals surface area contributed by atoms with Crippen molar-refractivity contribution in [3.8, 4) is 11.5 Å². The van der Waals surface area contributed by atoms with Gasteiger partial charge in [-0.2, -0.15) is 0 Å². The quantitative estimate of drug-likeness (QED) is 0.793. The second kappa shape index (κ2) is 7.20. The lowest BCUT2D eigenvalue weighted by Crippen LogP contribution is -2.44. The Bertz CT molecular complexity index is 809. The van der Waals surface area contributed by atoms with Crippen molar-refractivity contribution in [3.05, 3.63) is 59.1 Å². The second-order valence-electron chi connectivity index (χ2n) is 6.84. The molecule has 2 aliphatic rings. The number of benzene rings is 2. The van der Waals surface area contributed by atoms with E-state index in [-0.39, 0.29) is 23.8 Å². The Morgan fingerprint density at radius 2 is 1.88 bits per heavy atom. The van der Waals surface area contributed by atoms with Crippen LogP contribution < -0.4 is 9.47 Å². The van der Waals surface area contributed by atoms with Crippen LogP contribution in [0.4, 0.5) is 0 Å². The fourth-order valence-corrected chi connectivity index (χ4v) is 3.87. The molecule has 4 rings (SSSR count). The van der Waals surface area contributed by atoms with Crippen molar-refractivity contribution in [3.63, 3.8) is 0 Å². The summed E-state index contributed by atoms with van der Waals surface area (Å²) >= 11 is 6.28. The van der Waals surface area contributed by atoms with E-state index < -0.39 is 0 Å². The van der Waals surface area contributed by atoms with Crippen LogP contribution in [-0.2, 0) is 4.79 Å². The first-order valence-corrected chi connectivity index (χ1v) is 9.47. The second-order valence-corrected chi connectivity index (χ2v) is 7.25. The van der Waals surface area contributed by atoms with Gasteiger partial charge in [0.2, 0.25) is 5.91 Å². The number of ether oxygens (including phenoxy) is 2. The van der Waals surface area contributed by atoms with Gasteiger partial charge in [0.1, 0.15) is 6.61 Å². The highest BCUT2D eigenvalue weighted by molar-refractivity contribution is 6.31. The van der Waals surface area contributed by atoms with Crippen LogP contribution in [0.3, 0.4) is 0 Å². The molecule has 3 unspecified atom stereocenters. The van der Waals surface area contributed by atoms with Gasteiger partial charge in [0.25, 0.3) is 0 Å². The van der Waals surface area contributed by atoms with E-state index in [4.69, 9.17) is 21.1 Å². The first-order valence-electron chi connectivity index (χ1n) is 9.09. The smallest absolute Gasteiger partial charge is 0.226 e. The van der Waals surface area contributed by atoms with E-state index in [9.17, 15) is 4.79 Å². The van der Waals surface area contributed by atoms with Crippen molar-refractivity contribution in [1.29, 1.82) is 0 Å². The Morgan fingerprint density at radius 3 is 2.65 bits per heavy atom. The number of likely N-dealkylation sites (N-methyl/N-ethyl adjacent to an activating group) is 1. The highest BCUT2D eigenvalue weighted by Gasteiger charge is 2.46. The largest absolute Gasteiger partial charge is 0.486 e. The van der Waals surface area contributed by atoms with Gasteiger partial charge in [-0.25, -0.2) is 0 Å². The number of amides is 1. The van der Waals surface area contributed by atoms with Crippen LogP contribution in [0, 0.1) is 5.92 Å². The van der Waals surface area contributed by atoms with Crippen LogP contribution in [0.15, 0.2) is 48.5 Å². The number of carbonyl (C=O) groups excluding carboxylic acids is 1. The average molecular weight is 372 g/mol. The van der Waals surface area contributed by atoms with Gasteiger partial charge in [0.05, 0.1) is 6.54 Å². The summed E-state index contributed by atoms with van der Waals surface area (Å²) in [7, 11) is 0. The number of para-hydroxylation sites is 2. The predicted octanol–water partition coefficient (Wildman–Crippen LogP) is 4.13.